The summed E-state index contributed by atoms with van der Waals surface area (Å²) in [7, 11) is 3.09. The van der Waals surface area contributed by atoms with Gasteiger partial charge in [0.05, 0.1) is 18.3 Å². The summed E-state index contributed by atoms with van der Waals surface area (Å²) in [4.78, 5) is 11.5. The number of amides is 1. The Labute approximate surface area is 118 Å². The van der Waals surface area contributed by atoms with Crippen molar-refractivity contribution in [3.63, 3.8) is 0 Å². The van der Waals surface area contributed by atoms with Crippen LogP contribution in [-0.2, 0) is 16.0 Å². The molecule has 0 aliphatic carbocycles. The number of rotatable bonds is 4. The Kier molecular flexibility index (Phi) is 6.40. The first kappa shape index (κ1) is 16.4. The van der Waals surface area contributed by atoms with E-state index < -0.39 is 11.9 Å². The van der Waals surface area contributed by atoms with Crippen LogP contribution in [0, 0.1) is 0 Å². The van der Waals surface area contributed by atoms with E-state index in [1.54, 1.807) is 25.3 Å². The van der Waals surface area contributed by atoms with Crippen molar-refractivity contribution >= 4 is 11.6 Å². The van der Waals surface area contributed by atoms with Gasteiger partial charge in [-0.25, -0.2) is 0 Å². The molecule has 0 saturated heterocycles. The van der Waals surface area contributed by atoms with Crippen LogP contribution in [0.25, 0.3) is 0 Å². The fraction of sp³-hybridized carbons (Fsp3) is 0.462. The minimum absolute atomic E-state index is 0.411. The van der Waals surface area contributed by atoms with Crippen molar-refractivity contribution in [2.24, 2.45) is 11.5 Å². The van der Waals surface area contributed by atoms with Crippen LogP contribution in [-0.4, -0.2) is 44.5 Å². The van der Waals surface area contributed by atoms with Crippen LogP contribution in [0.3, 0.4) is 0 Å². The molecule has 0 fully saturated rings. The number of anilines is 1. The third kappa shape index (κ3) is 3.67. The summed E-state index contributed by atoms with van der Waals surface area (Å²) in [6.45, 7) is 0.887. The maximum Gasteiger partial charge on any atom is 0.267 e. The number of carbonyl (C=O) groups is 1. The molecule has 20 heavy (non-hydrogen) atoms. The molecule has 0 spiro atoms. The molecule has 2 rings (SSSR count). The molecular formula is C13H21N3O4. The Bertz CT molecular complexity index is 453. The van der Waals surface area contributed by atoms with E-state index >= 15 is 0 Å². The van der Waals surface area contributed by atoms with Crippen molar-refractivity contribution in [1.82, 2.24) is 0 Å². The lowest BCUT2D eigenvalue weighted by molar-refractivity contribution is -0.125. The number of hydrogen-bond acceptors (Lipinski definition) is 6. The predicted octanol–water partition coefficient (Wildman–Crippen LogP) is -0.108. The molecule has 1 heterocycles. The van der Waals surface area contributed by atoms with Gasteiger partial charge in [-0.1, -0.05) is 6.07 Å². The molecule has 1 amide bonds. The second-order valence-corrected chi connectivity index (χ2v) is 4.09. The summed E-state index contributed by atoms with van der Waals surface area (Å²) in [6, 6.07) is 4.51. The zero-order valence-corrected chi connectivity index (χ0v) is 11.7. The Hall–Kier alpha value is -1.67. The van der Waals surface area contributed by atoms with Crippen LogP contribution in [0.2, 0.25) is 0 Å². The Morgan fingerprint density at radius 1 is 1.40 bits per heavy atom. The largest absolute Gasteiger partial charge is 0.491 e. The molecule has 1 atom stereocenters. The Morgan fingerprint density at radius 3 is 2.75 bits per heavy atom. The molecule has 0 aromatic heterocycles. The number of nitrogens with zero attached hydrogens (tertiary/aromatic N) is 1. The zero-order valence-electron chi connectivity index (χ0n) is 11.7. The van der Waals surface area contributed by atoms with Gasteiger partial charge in [-0.15, -0.1) is 0 Å². The summed E-state index contributed by atoms with van der Waals surface area (Å²) in [5, 5.41) is 10.3. The van der Waals surface area contributed by atoms with Gasteiger partial charge in [0.15, 0.2) is 0 Å². The number of hydroxylamine groups is 1. The molecule has 1 aliphatic rings. The van der Waals surface area contributed by atoms with Gasteiger partial charge in [0.1, 0.15) is 12.4 Å². The topological polar surface area (TPSA) is 111 Å². The van der Waals surface area contributed by atoms with E-state index in [2.05, 4.69) is 5.73 Å². The van der Waals surface area contributed by atoms with Crippen molar-refractivity contribution in [2.75, 3.05) is 32.4 Å². The minimum atomic E-state index is -0.692. The lowest BCUT2D eigenvalue weighted by Crippen LogP contribution is -2.47. The van der Waals surface area contributed by atoms with Gasteiger partial charge in [0.25, 0.3) is 5.91 Å². The average Bonchev–Trinajstić information content (AvgIpc) is 2.48. The molecular weight excluding hydrogens is 262 g/mol. The van der Waals surface area contributed by atoms with E-state index in [9.17, 15) is 10.0 Å². The summed E-state index contributed by atoms with van der Waals surface area (Å²) in [5.41, 5.74) is 11.4. The predicted molar refractivity (Wildman–Crippen MR) is 74.9 cm³/mol. The van der Waals surface area contributed by atoms with E-state index in [0.717, 1.165) is 5.56 Å². The fourth-order valence-corrected chi connectivity index (χ4v) is 1.85. The van der Waals surface area contributed by atoms with E-state index in [4.69, 9.17) is 15.2 Å². The number of nitrogens with two attached hydrogens (primary N) is 2. The Balaban J connectivity index is 0.000000956. The quantitative estimate of drug-likeness (QED) is 0.525. The van der Waals surface area contributed by atoms with Gasteiger partial charge < -0.3 is 20.9 Å². The zero-order chi connectivity index (χ0) is 15.1. The van der Waals surface area contributed by atoms with E-state index in [1.807, 2.05) is 0 Å². The van der Waals surface area contributed by atoms with Crippen molar-refractivity contribution in [1.29, 1.82) is 0 Å². The van der Waals surface area contributed by atoms with Gasteiger partial charge in [-0.3, -0.25) is 10.0 Å². The maximum absolute atomic E-state index is 11.5. The molecule has 5 N–H and O–H groups in total. The van der Waals surface area contributed by atoms with E-state index in [1.165, 1.54) is 7.05 Å². The number of benzene rings is 1. The van der Waals surface area contributed by atoms with Crippen LogP contribution in [0.5, 0.6) is 5.75 Å². The average molecular weight is 283 g/mol. The monoisotopic (exact) mass is 283 g/mol. The highest BCUT2D eigenvalue weighted by Gasteiger charge is 2.29. The summed E-state index contributed by atoms with van der Waals surface area (Å²) >= 11 is 0. The van der Waals surface area contributed by atoms with Crippen LogP contribution in [0.15, 0.2) is 18.2 Å². The van der Waals surface area contributed by atoms with Crippen LogP contribution in [0.1, 0.15) is 5.56 Å². The second kappa shape index (κ2) is 7.81. The molecule has 0 radical (unpaired) electrons. The highest BCUT2D eigenvalue weighted by atomic mass is 16.5. The molecule has 7 nitrogen and oxygen atoms in total. The first-order chi connectivity index (χ1) is 9.63. The first-order valence-electron chi connectivity index (χ1n) is 6.24. The van der Waals surface area contributed by atoms with Crippen LogP contribution >= 0.6 is 0 Å². The molecule has 1 aromatic carbocycles. The van der Waals surface area contributed by atoms with Gasteiger partial charge >= 0.3 is 0 Å². The van der Waals surface area contributed by atoms with Gasteiger partial charge in [-0.2, -0.15) is 5.06 Å². The summed E-state index contributed by atoms with van der Waals surface area (Å²) in [6.07, 6.45) is 0.420. The smallest absolute Gasteiger partial charge is 0.267 e. The molecule has 0 bridgehead atoms. The normalized spacial score (nSPS) is 17.1. The number of hydrogen-bond donors (Lipinski definition) is 3. The van der Waals surface area contributed by atoms with Crippen LogP contribution in [0.4, 0.5) is 5.69 Å². The fourth-order valence-electron chi connectivity index (χ4n) is 1.85. The number of ether oxygens (including phenoxy) is 2. The van der Waals surface area contributed by atoms with Crippen molar-refractivity contribution in [3.8, 4) is 5.75 Å². The van der Waals surface area contributed by atoms with E-state index in [-0.39, 0.29) is 0 Å². The Morgan fingerprint density at radius 2 is 2.10 bits per heavy atom. The molecule has 7 heteroatoms. The first-order valence-corrected chi connectivity index (χ1v) is 6.24. The molecule has 1 aromatic rings. The standard InChI is InChI=1S/C12H16N2O4.CH5N/c1-17-4-5-18-9-3-2-8-6-10(13)12(15)14(16)11(8)7-9;1-2/h2-3,7,10,16H,4-6,13H2,1H3;2H2,1H3. The second-order valence-electron chi connectivity index (χ2n) is 4.09. The highest BCUT2D eigenvalue weighted by molar-refractivity contribution is 5.98. The number of fused-ring (bicyclic) bond motifs is 1. The van der Waals surface area contributed by atoms with Gasteiger partial charge in [0.2, 0.25) is 0 Å². The third-order valence-electron chi connectivity index (χ3n) is 2.81. The van der Waals surface area contributed by atoms with Crippen molar-refractivity contribution in [2.45, 2.75) is 12.5 Å². The summed E-state index contributed by atoms with van der Waals surface area (Å²) in [5.74, 6) is 0.0738. The number of carbonyl (C=O) groups excluding carboxylic acids is 1. The van der Waals surface area contributed by atoms with Crippen LogP contribution < -0.4 is 21.3 Å². The molecule has 1 aliphatic heterocycles. The molecule has 1 unspecified atom stereocenters. The van der Waals surface area contributed by atoms with Gasteiger partial charge in [0, 0.05) is 13.2 Å². The lowest BCUT2D eigenvalue weighted by Gasteiger charge is -2.27. The van der Waals surface area contributed by atoms with Crippen molar-refractivity contribution < 1.29 is 19.5 Å². The number of methoxy groups -OCH3 is 1. The molecule has 0 saturated carbocycles. The van der Waals surface area contributed by atoms with Gasteiger partial charge in [-0.05, 0) is 25.1 Å². The maximum atomic E-state index is 11.5. The van der Waals surface area contributed by atoms with E-state index in [0.29, 0.717) is 36.1 Å². The minimum Gasteiger partial charge on any atom is -0.491 e. The third-order valence-corrected chi connectivity index (χ3v) is 2.81. The van der Waals surface area contributed by atoms with Crippen molar-refractivity contribution in [3.05, 3.63) is 23.8 Å². The SMILES string of the molecule is CN.COCCOc1ccc2c(c1)N(O)C(=O)C(N)C2. The highest BCUT2D eigenvalue weighted by Crippen LogP contribution is 2.30. The molecule has 112 valence electrons. The lowest BCUT2D eigenvalue weighted by atomic mass is 9.99. The summed E-state index contributed by atoms with van der Waals surface area (Å²) < 4.78 is 10.3.